The van der Waals surface area contributed by atoms with Crippen LogP contribution >= 0.6 is 0 Å². The molecule has 4 aromatic rings. The number of rotatable bonds is 7. The molecule has 1 atom stereocenters. The van der Waals surface area contributed by atoms with Gasteiger partial charge in [-0.3, -0.25) is 9.36 Å². The second kappa shape index (κ2) is 10.5. The highest BCUT2D eigenvalue weighted by Crippen LogP contribution is 2.27. The molecule has 35 heavy (non-hydrogen) atoms. The molecule has 7 heteroatoms. The number of hydrogen-bond acceptors (Lipinski definition) is 3. The summed E-state index contributed by atoms with van der Waals surface area (Å²) in [4.78, 5) is 33.7. The average molecular weight is 473 g/mol. The summed E-state index contributed by atoms with van der Waals surface area (Å²) in [5.41, 5.74) is 2.18. The number of para-hydroxylation sites is 2. The van der Waals surface area contributed by atoms with Crippen LogP contribution in [-0.2, 0) is 0 Å². The maximum Gasteiger partial charge on any atom is 0.322 e. The Hall–Kier alpha value is -4.00. The minimum Gasteiger partial charge on any atom is -0.314 e. The number of aryl methyl sites for hydroxylation is 1. The highest BCUT2D eigenvalue weighted by Gasteiger charge is 2.29. The lowest BCUT2D eigenvalue weighted by Gasteiger charge is -2.32. The van der Waals surface area contributed by atoms with Crippen LogP contribution in [0.5, 0.6) is 0 Å². The van der Waals surface area contributed by atoms with Gasteiger partial charge in [0.1, 0.15) is 11.6 Å². The molecule has 3 aromatic carbocycles. The Morgan fingerprint density at radius 2 is 1.80 bits per heavy atom. The number of aromatic nitrogens is 2. The topological polar surface area (TPSA) is 67.2 Å². The summed E-state index contributed by atoms with van der Waals surface area (Å²) in [7, 11) is 0. The zero-order valence-electron chi connectivity index (χ0n) is 20.2. The second-order valence-corrected chi connectivity index (χ2v) is 8.49. The van der Waals surface area contributed by atoms with E-state index in [0.717, 1.165) is 5.56 Å². The van der Waals surface area contributed by atoms with Crippen LogP contribution in [0, 0.1) is 12.7 Å². The van der Waals surface area contributed by atoms with Gasteiger partial charge >= 0.3 is 6.03 Å². The number of carbonyl (C=O) groups is 1. The largest absolute Gasteiger partial charge is 0.322 e. The van der Waals surface area contributed by atoms with Gasteiger partial charge in [-0.2, -0.15) is 0 Å². The van der Waals surface area contributed by atoms with Gasteiger partial charge in [0, 0.05) is 6.54 Å². The van der Waals surface area contributed by atoms with E-state index in [4.69, 9.17) is 4.98 Å². The van der Waals surface area contributed by atoms with Crippen molar-refractivity contribution in [1.82, 2.24) is 14.5 Å². The molecule has 0 fully saturated rings. The van der Waals surface area contributed by atoms with Crippen molar-refractivity contribution in [2.24, 2.45) is 0 Å². The van der Waals surface area contributed by atoms with E-state index >= 15 is 0 Å². The van der Waals surface area contributed by atoms with E-state index in [1.807, 2.05) is 57.2 Å². The maximum absolute atomic E-state index is 14.3. The summed E-state index contributed by atoms with van der Waals surface area (Å²) in [6.07, 6.45) is 1.20. The molecule has 0 radical (unpaired) electrons. The number of urea groups is 1. The molecule has 0 spiro atoms. The Morgan fingerprint density at radius 1 is 1.06 bits per heavy atom. The summed E-state index contributed by atoms with van der Waals surface area (Å²) in [5, 5.41) is 3.20. The van der Waals surface area contributed by atoms with E-state index in [2.05, 4.69) is 5.32 Å². The normalized spacial score (nSPS) is 11.9. The van der Waals surface area contributed by atoms with Crippen molar-refractivity contribution >= 4 is 22.6 Å². The van der Waals surface area contributed by atoms with Gasteiger partial charge in [-0.1, -0.05) is 50.2 Å². The fraction of sp³-hybridized carbons (Fsp3) is 0.250. The molecule has 1 N–H and O–H groups in total. The van der Waals surface area contributed by atoms with Gasteiger partial charge in [-0.15, -0.1) is 0 Å². The second-order valence-electron chi connectivity index (χ2n) is 8.49. The third-order valence-electron chi connectivity index (χ3n) is 5.96. The third-order valence-corrected chi connectivity index (χ3v) is 5.96. The summed E-state index contributed by atoms with van der Waals surface area (Å²) in [6, 6.07) is 20.0. The number of nitrogens with zero attached hydrogens (tertiary/aromatic N) is 3. The lowest BCUT2D eigenvalue weighted by Crippen LogP contribution is -2.41. The zero-order chi connectivity index (χ0) is 24.9. The van der Waals surface area contributed by atoms with Gasteiger partial charge in [0.15, 0.2) is 0 Å². The van der Waals surface area contributed by atoms with Gasteiger partial charge in [-0.25, -0.2) is 14.2 Å². The number of carbonyl (C=O) groups excluding carboxylic acids is 1. The molecule has 0 aliphatic rings. The van der Waals surface area contributed by atoms with Crippen LogP contribution in [0.4, 0.5) is 14.9 Å². The molecule has 180 valence electrons. The summed E-state index contributed by atoms with van der Waals surface area (Å²) in [6.45, 7) is 6.30. The molecule has 1 unspecified atom stereocenters. The standard InChI is InChI=1S/C28H29FN4O2/c1-4-17-32(28(35)31-24-16-9-7-14-22(24)29)25(5-2)26-30-23-15-8-6-13-21(23)27(34)33(26)20-12-10-11-19(3)18-20/h6-16,18,25H,4-5,17H2,1-3H3,(H,31,35). The number of anilines is 1. The van der Waals surface area contributed by atoms with Crippen LogP contribution in [0.25, 0.3) is 16.6 Å². The van der Waals surface area contributed by atoms with Crippen molar-refractivity contribution in [2.45, 2.75) is 39.7 Å². The van der Waals surface area contributed by atoms with E-state index in [9.17, 15) is 14.0 Å². The van der Waals surface area contributed by atoms with Crippen molar-refractivity contribution in [3.63, 3.8) is 0 Å². The Kier molecular flexibility index (Phi) is 7.25. The Labute approximate surface area is 204 Å². The van der Waals surface area contributed by atoms with Crippen molar-refractivity contribution in [3.05, 3.63) is 100 Å². The molecule has 4 rings (SSSR count). The molecule has 1 aromatic heterocycles. The van der Waals surface area contributed by atoms with Crippen LogP contribution in [0.3, 0.4) is 0 Å². The van der Waals surface area contributed by atoms with E-state index in [-0.39, 0.29) is 11.2 Å². The summed E-state index contributed by atoms with van der Waals surface area (Å²) < 4.78 is 15.9. The molecular formula is C28H29FN4O2. The van der Waals surface area contributed by atoms with E-state index in [0.29, 0.717) is 41.8 Å². The van der Waals surface area contributed by atoms with Gasteiger partial charge in [-0.05, 0) is 61.7 Å². The first-order valence-electron chi connectivity index (χ1n) is 11.9. The molecular weight excluding hydrogens is 443 g/mol. The number of hydrogen-bond donors (Lipinski definition) is 1. The monoisotopic (exact) mass is 472 g/mol. The minimum atomic E-state index is -0.514. The highest BCUT2D eigenvalue weighted by atomic mass is 19.1. The molecule has 0 aliphatic heterocycles. The zero-order valence-corrected chi connectivity index (χ0v) is 20.2. The van der Waals surface area contributed by atoms with Gasteiger partial charge < -0.3 is 10.2 Å². The quantitative estimate of drug-likeness (QED) is 0.347. The first-order chi connectivity index (χ1) is 16.9. The van der Waals surface area contributed by atoms with Gasteiger partial charge in [0.05, 0.1) is 28.3 Å². The number of fused-ring (bicyclic) bond motifs is 1. The first kappa shape index (κ1) is 24.1. The van der Waals surface area contributed by atoms with Crippen molar-refractivity contribution in [3.8, 4) is 5.69 Å². The smallest absolute Gasteiger partial charge is 0.314 e. The lowest BCUT2D eigenvalue weighted by atomic mass is 10.1. The van der Waals surface area contributed by atoms with E-state index in [1.165, 1.54) is 12.1 Å². The highest BCUT2D eigenvalue weighted by molar-refractivity contribution is 5.89. The SMILES string of the molecule is CCCN(C(=O)Nc1ccccc1F)C(CC)c1nc2ccccc2c(=O)n1-c1cccc(C)c1. The van der Waals surface area contributed by atoms with Crippen LogP contribution in [0.15, 0.2) is 77.6 Å². The van der Waals surface area contributed by atoms with Gasteiger partial charge in [0.2, 0.25) is 0 Å². The van der Waals surface area contributed by atoms with Crippen molar-refractivity contribution in [1.29, 1.82) is 0 Å². The number of benzene rings is 3. The van der Waals surface area contributed by atoms with Gasteiger partial charge in [0.25, 0.3) is 5.56 Å². The molecule has 1 heterocycles. The molecule has 6 nitrogen and oxygen atoms in total. The summed E-state index contributed by atoms with van der Waals surface area (Å²) in [5.74, 6) is -0.0372. The molecule has 0 saturated carbocycles. The Bertz CT molecular complexity index is 1420. The van der Waals surface area contributed by atoms with Crippen LogP contribution in [0.2, 0.25) is 0 Å². The Morgan fingerprint density at radius 3 is 2.51 bits per heavy atom. The van der Waals surface area contributed by atoms with Crippen molar-refractivity contribution in [2.75, 3.05) is 11.9 Å². The number of amides is 2. The van der Waals surface area contributed by atoms with E-state index in [1.54, 1.807) is 33.7 Å². The Balaban J connectivity index is 1.88. The van der Waals surface area contributed by atoms with Crippen LogP contribution in [-0.4, -0.2) is 27.0 Å². The van der Waals surface area contributed by atoms with Crippen molar-refractivity contribution < 1.29 is 9.18 Å². The molecule has 0 aliphatic carbocycles. The average Bonchev–Trinajstić information content (AvgIpc) is 2.85. The fourth-order valence-corrected chi connectivity index (χ4v) is 4.32. The third kappa shape index (κ3) is 4.94. The molecule has 0 bridgehead atoms. The predicted octanol–water partition coefficient (Wildman–Crippen LogP) is 6.23. The number of nitrogens with one attached hydrogen (secondary N) is 1. The lowest BCUT2D eigenvalue weighted by molar-refractivity contribution is 0.181. The number of halogens is 1. The fourth-order valence-electron chi connectivity index (χ4n) is 4.32. The first-order valence-corrected chi connectivity index (χ1v) is 11.9. The summed E-state index contributed by atoms with van der Waals surface area (Å²) >= 11 is 0. The minimum absolute atomic E-state index is 0.107. The van der Waals surface area contributed by atoms with Crippen LogP contribution < -0.4 is 10.9 Å². The molecule has 2 amide bonds. The predicted molar refractivity (Wildman–Crippen MR) is 138 cm³/mol. The van der Waals surface area contributed by atoms with E-state index < -0.39 is 17.9 Å². The van der Waals surface area contributed by atoms with Crippen LogP contribution in [0.1, 0.15) is 44.1 Å². The molecule has 0 saturated heterocycles. The maximum atomic E-state index is 14.3.